The average molecular weight is 212 g/mol. The molecule has 0 N–H and O–H groups in total. The molecule has 1 saturated heterocycles. The summed E-state index contributed by atoms with van der Waals surface area (Å²) < 4.78 is 6.04. The number of hydrogen-bond donors (Lipinski definition) is 0. The predicted molar refractivity (Wildman–Crippen MR) is 60.7 cm³/mol. The van der Waals surface area contributed by atoms with E-state index in [9.17, 15) is 4.79 Å². The standard InChI is InChI=1S/C11H20O2Si/c1-9(2)14(10(3)4)11(5-7-12)6-8-13-14/h5,7,9-10H,6,8H2,1-4H3/b11-5-. The minimum absolute atomic E-state index is 0.552. The quantitative estimate of drug-likeness (QED) is 0.408. The lowest BCUT2D eigenvalue weighted by Gasteiger charge is -2.34. The van der Waals surface area contributed by atoms with E-state index in [2.05, 4.69) is 27.7 Å². The van der Waals surface area contributed by atoms with Gasteiger partial charge in [-0.3, -0.25) is 4.79 Å². The van der Waals surface area contributed by atoms with Gasteiger partial charge in [0.05, 0.1) is 0 Å². The van der Waals surface area contributed by atoms with Crippen LogP contribution in [0.3, 0.4) is 0 Å². The van der Waals surface area contributed by atoms with Crippen molar-refractivity contribution >= 4 is 14.6 Å². The summed E-state index contributed by atoms with van der Waals surface area (Å²) in [4.78, 5) is 10.6. The van der Waals surface area contributed by atoms with Gasteiger partial charge in [0.1, 0.15) is 6.29 Å². The summed E-state index contributed by atoms with van der Waals surface area (Å²) in [6.07, 6.45) is 3.62. The van der Waals surface area contributed by atoms with Crippen molar-refractivity contribution in [2.45, 2.75) is 45.2 Å². The van der Waals surface area contributed by atoms with Gasteiger partial charge in [-0.25, -0.2) is 0 Å². The lowest BCUT2D eigenvalue weighted by Crippen LogP contribution is -2.43. The summed E-state index contributed by atoms with van der Waals surface area (Å²) in [5.74, 6) is 0. The highest BCUT2D eigenvalue weighted by Gasteiger charge is 2.48. The van der Waals surface area contributed by atoms with Gasteiger partial charge in [0.15, 0.2) is 0 Å². The molecule has 1 fully saturated rings. The molecule has 0 bridgehead atoms. The zero-order valence-electron chi connectivity index (χ0n) is 9.54. The molecule has 0 amide bonds. The number of carbonyl (C=O) groups is 1. The van der Waals surface area contributed by atoms with Crippen LogP contribution in [0.4, 0.5) is 0 Å². The van der Waals surface area contributed by atoms with Crippen molar-refractivity contribution in [2.24, 2.45) is 0 Å². The summed E-state index contributed by atoms with van der Waals surface area (Å²) >= 11 is 0. The van der Waals surface area contributed by atoms with Gasteiger partial charge in [0, 0.05) is 6.61 Å². The van der Waals surface area contributed by atoms with Gasteiger partial charge >= 0.3 is 0 Å². The van der Waals surface area contributed by atoms with Crippen molar-refractivity contribution in [3.63, 3.8) is 0 Å². The first-order valence-electron chi connectivity index (χ1n) is 5.34. The second kappa shape index (κ2) is 4.40. The Morgan fingerprint density at radius 1 is 1.29 bits per heavy atom. The van der Waals surface area contributed by atoms with E-state index in [4.69, 9.17) is 4.43 Å². The molecule has 0 radical (unpaired) electrons. The van der Waals surface area contributed by atoms with Gasteiger partial charge in [0.2, 0.25) is 8.32 Å². The largest absolute Gasteiger partial charge is 0.412 e. The monoisotopic (exact) mass is 212 g/mol. The van der Waals surface area contributed by atoms with Crippen LogP contribution in [0.1, 0.15) is 34.1 Å². The predicted octanol–water partition coefficient (Wildman–Crippen LogP) is 2.84. The Labute approximate surface area is 87.5 Å². The fourth-order valence-corrected chi connectivity index (χ4v) is 7.58. The van der Waals surface area contributed by atoms with Crippen LogP contribution < -0.4 is 0 Å². The normalized spacial score (nSPS) is 23.7. The highest BCUT2D eigenvalue weighted by molar-refractivity contribution is 6.84. The van der Waals surface area contributed by atoms with Crippen molar-refractivity contribution in [2.75, 3.05) is 6.61 Å². The fourth-order valence-electron chi connectivity index (χ4n) is 2.66. The molecule has 0 aromatic carbocycles. The van der Waals surface area contributed by atoms with Gasteiger partial charge in [-0.15, -0.1) is 0 Å². The van der Waals surface area contributed by atoms with Crippen LogP contribution in [-0.2, 0) is 9.22 Å². The molecule has 0 aromatic rings. The van der Waals surface area contributed by atoms with Crippen molar-refractivity contribution in [3.8, 4) is 0 Å². The zero-order chi connectivity index (χ0) is 10.8. The van der Waals surface area contributed by atoms with E-state index >= 15 is 0 Å². The van der Waals surface area contributed by atoms with Crippen LogP contribution in [0.5, 0.6) is 0 Å². The van der Waals surface area contributed by atoms with Crippen LogP contribution in [0.25, 0.3) is 0 Å². The highest BCUT2D eigenvalue weighted by Crippen LogP contribution is 2.44. The van der Waals surface area contributed by atoms with Crippen LogP contribution in [0, 0.1) is 0 Å². The van der Waals surface area contributed by atoms with Gasteiger partial charge in [-0.1, -0.05) is 27.7 Å². The Bertz CT molecular complexity index is 236. The molecule has 0 atom stereocenters. The smallest absolute Gasteiger partial charge is 0.225 e. The van der Waals surface area contributed by atoms with Crippen LogP contribution in [-0.4, -0.2) is 21.2 Å². The minimum atomic E-state index is -1.81. The third-order valence-electron chi connectivity index (χ3n) is 3.20. The lowest BCUT2D eigenvalue weighted by atomic mass is 10.4. The third kappa shape index (κ3) is 1.71. The Hall–Kier alpha value is -0.413. The van der Waals surface area contributed by atoms with Gasteiger partial charge < -0.3 is 4.43 Å². The van der Waals surface area contributed by atoms with Crippen molar-refractivity contribution in [1.29, 1.82) is 0 Å². The van der Waals surface area contributed by atoms with Gasteiger partial charge in [-0.2, -0.15) is 0 Å². The van der Waals surface area contributed by atoms with E-state index in [1.54, 1.807) is 6.08 Å². The highest BCUT2D eigenvalue weighted by atomic mass is 28.4. The first kappa shape index (κ1) is 11.7. The van der Waals surface area contributed by atoms with E-state index in [0.29, 0.717) is 11.1 Å². The average Bonchev–Trinajstić information content (AvgIpc) is 2.49. The maximum atomic E-state index is 10.6. The summed E-state index contributed by atoms with van der Waals surface area (Å²) in [6.45, 7) is 9.68. The number of rotatable bonds is 3. The van der Waals surface area contributed by atoms with E-state index < -0.39 is 8.32 Å². The molecule has 2 nitrogen and oxygen atoms in total. The van der Waals surface area contributed by atoms with Crippen molar-refractivity contribution < 1.29 is 9.22 Å². The molecular formula is C11H20O2Si. The number of carbonyl (C=O) groups excluding carboxylic acids is 1. The van der Waals surface area contributed by atoms with Crippen molar-refractivity contribution in [3.05, 3.63) is 11.3 Å². The topological polar surface area (TPSA) is 26.3 Å². The molecule has 14 heavy (non-hydrogen) atoms. The van der Waals surface area contributed by atoms with Gasteiger partial charge in [0.25, 0.3) is 0 Å². The summed E-state index contributed by atoms with van der Waals surface area (Å²) in [5.41, 5.74) is 1.10. The molecule has 0 spiro atoms. The second-order valence-corrected chi connectivity index (χ2v) is 9.36. The Morgan fingerprint density at radius 3 is 2.29 bits per heavy atom. The summed E-state index contributed by atoms with van der Waals surface area (Å²) in [6, 6.07) is 0. The van der Waals surface area contributed by atoms with E-state index in [1.807, 2.05) is 0 Å². The maximum absolute atomic E-state index is 10.6. The molecule has 80 valence electrons. The molecule has 1 rings (SSSR count). The Balaban J connectivity index is 3.08. The molecular weight excluding hydrogens is 192 g/mol. The fraction of sp³-hybridized carbons (Fsp3) is 0.727. The van der Waals surface area contributed by atoms with Crippen LogP contribution >= 0.6 is 0 Å². The Kier molecular flexibility index (Phi) is 3.67. The molecule has 1 aliphatic heterocycles. The zero-order valence-corrected chi connectivity index (χ0v) is 10.5. The van der Waals surface area contributed by atoms with Gasteiger partial charge in [-0.05, 0) is 28.8 Å². The SMILES string of the molecule is CC(C)[Si]1(C(C)C)OCC/C1=C/C=O. The van der Waals surface area contributed by atoms with Crippen molar-refractivity contribution in [1.82, 2.24) is 0 Å². The number of hydrogen-bond acceptors (Lipinski definition) is 2. The molecule has 1 aliphatic rings. The van der Waals surface area contributed by atoms with Crippen LogP contribution in [0.15, 0.2) is 11.3 Å². The number of aldehydes is 1. The third-order valence-corrected chi connectivity index (χ3v) is 8.73. The van der Waals surface area contributed by atoms with Crippen LogP contribution in [0.2, 0.25) is 11.1 Å². The lowest BCUT2D eigenvalue weighted by molar-refractivity contribution is -0.104. The number of allylic oxidation sites excluding steroid dienone is 1. The maximum Gasteiger partial charge on any atom is 0.225 e. The molecule has 0 aromatic heterocycles. The molecule has 0 aliphatic carbocycles. The first-order chi connectivity index (χ1) is 6.55. The summed E-state index contributed by atoms with van der Waals surface area (Å²) in [7, 11) is -1.81. The van der Waals surface area contributed by atoms with E-state index in [0.717, 1.165) is 19.3 Å². The summed E-state index contributed by atoms with van der Waals surface area (Å²) in [5, 5.41) is 1.30. The van der Waals surface area contributed by atoms with E-state index in [1.165, 1.54) is 5.20 Å². The molecule has 1 heterocycles. The second-order valence-electron chi connectivity index (χ2n) is 4.53. The molecule has 3 heteroatoms. The van der Waals surface area contributed by atoms with E-state index in [-0.39, 0.29) is 0 Å². The minimum Gasteiger partial charge on any atom is -0.412 e. The molecule has 0 unspecified atom stereocenters. The Morgan fingerprint density at radius 2 is 1.86 bits per heavy atom. The first-order valence-corrected chi connectivity index (χ1v) is 7.40. The molecule has 0 saturated carbocycles.